The summed E-state index contributed by atoms with van der Waals surface area (Å²) in [7, 11) is 0. The topological polar surface area (TPSA) is 53.1 Å². The number of fused-ring (bicyclic) bond motifs is 6. The fraction of sp³-hybridized carbons (Fsp3) is 0. The first-order valence-corrected chi connectivity index (χ1v) is 22.5. The van der Waals surface area contributed by atoms with Gasteiger partial charge in [-0.05, 0) is 99.8 Å². The zero-order valence-electron chi connectivity index (χ0n) is 37.2. The molecule has 0 radical (unpaired) electrons. The molecule has 3 heterocycles. The first kappa shape index (κ1) is 41.1. The van der Waals surface area contributed by atoms with Gasteiger partial charge in [-0.25, -0.2) is 29.3 Å². The molecule has 12 aromatic rings. The third kappa shape index (κ3) is 6.90. The first-order valence-electron chi connectivity index (χ1n) is 22.5. The molecule has 3 aromatic heterocycles. The predicted octanol–water partition coefficient (Wildman–Crippen LogP) is 17.2. The van der Waals surface area contributed by atoms with E-state index in [1.54, 1.807) is 12.1 Å². The Kier molecular flexibility index (Phi) is 9.86. The van der Waals surface area contributed by atoms with Crippen LogP contribution < -0.4 is 0 Å². The number of hydrogen-bond donors (Lipinski definition) is 0. The molecule has 0 N–H and O–H groups in total. The lowest BCUT2D eigenvalue weighted by Crippen LogP contribution is -1.96. The van der Waals surface area contributed by atoms with Crippen LogP contribution in [0.1, 0.15) is 0 Å². The smallest absolute Gasteiger partial charge is 0.198 e. The third-order valence-electron chi connectivity index (χ3n) is 13.1. The lowest BCUT2D eigenvalue weighted by molar-refractivity contribution is 1.17. The van der Waals surface area contributed by atoms with Crippen molar-refractivity contribution in [2.24, 2.45) is 0 Å². The van der Waals surface area contributed by atoms with Crippen LogP contribution in [-0.2, 0) is 0 Å². The Labute approximate surface area is 403 Å². The van der Waals surface area contributed by atoms with Crippen LogP contribution in [0.3, 0.4) is 0 Å². The van der Waals surface area contributed by atoms with Gasteiger partial charge in [-0.2, -0.15) is 0 Å². The molecular weight excluding hydrogens is 857 g/mol. The van der Waals surface area contributed by atoms with E-state index in [1.165, 1.54) is 0 Å². The van der Waals surface area contributed by atoms with Gasteiger partial charge in [-0.3, -0.25) is 0 Å². The normalized spacial score (nSPS) is 11.1. The summed E-state index contributed by atoms with van der Waals surface area (Å²) in [4.78, 5) is 24.7. The summed E-state index contributed by atoms with van der Waals surface area (Å²) in [5.74, 6) is 0.434. The summed E-state index contributed by atoms with van der Waals surface area (Å²) in [5.41, 5.74) is 16.3. The van der Waals surface area contributed by atoms with Crippen molar-refractivity contribution in [3.05, 3.63) is 252 Å². The van der Waals surface area contributed by atoms with E-state index in [0.29, 0.717) is 51.1 Å². The van der Waals surface area contributed by atoms with E-state index in [4.69, 9.17) is 36.3 Å². The lowest BCUT2D eigenvalue weighted by atomic mass is 9.98. The largest absolute Gasteiger partial charge is 0.309 e. The van der Waals surface area contributed by atoms with Crippen LogP contribution in [0.15, 0.2) is 206 Å². The van der Waals surface area contributed by atoms with Gasteiger partial charge in [0, 0.05) is 38.8 Å². The quantitative estimate of drug-likeness (QED) is 0.150. The Morgan fingerprint density at radius 3 is 1.33 bits per heavy atom. The Hall–Kier alpha value is -10.4. The molecule has 8 heteroatoms. The van der Waals surface area contributed by atoms with E-state index in [0.717, 1.165) is 82.8 Å². The third-order valence-corrected chi connectivity index (χ3v) is 13.1. The van der Waals surface area contributed by atoms with Gasteiger partial charge in [0.1, 0.15) is 5.82 Å². The highest BCUT2D eigenvalue weighted by Gasteiger charge is 2.19. The second-order valence-corrected chi connectivity index (χ2v) is 16.9. The summed E-state index contributed by atoms with van der Waals surface area (Å²) in [6.45, 7) is 30.9. The van der Waals surface area contributed by atoms with Crippen molar-refractivity contribution in [3.8, 4) is 67.5 Å². The highest BCUT2D eigenvalue weighted by atomic mass is 15.0. The Morgan fingerprint density at radius 2 is 0.743 bits per heavy atom. The second kappa shape index (κ2) is 16.8. The molecule has 0 saturated heterocycles. The molecule has 12 rings (SSSR count). The maximum Gasteiger partial charge on any atom is 0.198 e. The summed E-state index contributed by atoms with van der Waals surface area (Å²) in [6, 6.07) is 69.0. The minimum atomic E-state index is 0.434. The van der Waals surface area contributed by atoms with Crippen molar-refractivity contribution in [1.29, 1.82) is 0 Å². The van der Waals surface area contributed by atoms with Crippen LogP contribution in [0.4, 0.5) is 22.7 Å². The molecule has 0 amide bonds. The molecule has 322 valence electrons. The lowest BCUT2D eigenvalue weighted by Gasteiger charge is -2.12. The van der Waals surface area contributed by atoms with E-state index < -0.39 is 0 Å². The molecule has 0 aliphatic carbocycles. The fourth-order valence-electron chi connectivity index (χ4n) is 9.69. The van der Waals surface area contributed by atoms with Gasteiger partial charge in [0.25, 0.3) is 0 Å². The van der Waals surface area contributed by atoms with Gasteiger partial charge in [-0.15, -0.1) is 0 Å². The summed E-state index contributed by atoms with van der Waals surface area (Å²) in [6.07, 6.45) is 0. The van der Waals surface area contributed by atoms with Crippen LogP contribution >= 0.6 is 0 Å². The Balaban J connectivity index is 0.846. The minimum absolute atomic E-state index is 0.434. The zero-order valence-corrected chi connectivity index (χ0v) is 37.2. The van der Waals surface area contributed by atoms with Crippen LogP contribution in [0, 0.1) is 26.3 Å². The van der Waals surface area contributed by atoms with Gasteiger partial charge in [0.05, 0.1) is 59.7 Å². The van der Waals surface area contributed by atoms with E-state index in [9.17, 15) is 0 Å². The van der Waals surface area contributed by atoms with E-state index in [-0.39, 0.29) is 0 Å². The van der Waals surface area contributed by atoms with Gasteiger partial charge in [-0.1, -0.05) is 140 Å². The number of para-hydroxylation sites is 3. The molecule has 0 atom stereocenters. The molecule has 0 spiro atoms. The average molecular weight is 891 g/mol. The van der Waals surface area contributed by atoms with Crippen LogP contribution in [-0.4, -0.2) is 19.1 Å². The molecule has 0 aliphatic heterocycles. The van der Waals surface area contributed by atoms with Gasteiger partial charge >= 0.3 is 0 Å². The standard InChI is InChI=1S/C62H34N8/c1-63-44-27-32-59-51(35-44)52-36-45(64-2)28-33-60(52)70(59)47-31-34-61-53(37-47)48-11-7-10-16-58(48)69(61)46-29-25-42(26-30-46)40-19-17-39(18-20-40)41-21-23-43(24-22-41)56-38-57(49-12-5-8-14-54(49)65-3)68-62(67-56)50-13-6-9-15-55(50)66-4/h5-38H. The SMILES string of the molecule is [C-]#[N+]c1ccc2c(c1)c1cc([N+]#[C-])ccc1n2-c1ccc2c(c1)c1ccccc1n2-c1ccc(-c2ccc(-c3ccc(-c4cc(-c5ccccc5[N+]#[C-])nc(-c5ccccc5[N+]#[C-])n4)cc3)cc2)cc1. The molecule has 0 aliphatic rings. The number of aromatic nitrogens is 4. The monoisotopic (exact) mass is 890 g/mol. The molecule has 8 nitrogen and oxygen atoms in total. The molecule has 9 aromatic carbocycles. The van der Waals surface area contributed by atoms with Crippen LogP contribution in [0.2, 0.25) is 0 Å². The van der Waals surface area contributed by atoms with Gasteiger partial charge in [0.15, 0.2) is 22.7 Å². The maximum absolute atomic E-state index is 7.79. The average Bonchev–Trinajstić information content (AvgIpc) is 3.94. The van der Waals surface area contributed by atoms with E-state index in [2.05, 4.69) is 144 Å². The molecular formula is C62H34N8. The fourth-order valence-corrected chi connectivity index (χ4v) is 9.69. The maximum atomic E-state index is 7.79. The van der Waals surface area contributed by atoms with Crippen molar-refractivity contribution >= 4 is 66.4 Å². The number of rotatable bonds is 7. The predicted molar refractivity (Wildman–Crippen MR) is 283 cm³/mol. The van der Waals surface area contributed by atoms with E-state index >= 15 is 0 Å². The van der Waals surface area contributed by atoms with Crippen molar-refractivity contribution in [1.82, 2.24) is 19.1 Å². The zero-order chi connectivity index (χ0) is 47.3. The molecule has 0 bridgehead atoms. The van der Waals surface area contributed by atoms with Gasteiger partial charge in [0.2, 0.25) is 0 Å². The first-order chi connectivity index (χ1) is 34.5. The van der Waals surface area contributed by atoms with Crippen LogP contribution in [0.25, 0.3) is 131 Å². The highest BCUT2D eigenvalue weighted by molar-refractivity contribution is 6.13. The van der Waals surface area contributed by atoms with Crippen molar-refractivity contribution in [2.75, 3.05) is 0 Å². The van der Waals surface area contributed by atoms with Crippen molar-refractivity contribution < 1.29 is 0 Å². The van der Waals surface area contributed by atoms with Crippen molar-refractivity contribution in [2.45, 2.75) is 0 Å². The molecule has 0 unspecified atom stereocenters. The highest BCUT2D eigenvalue weighted by Crippen LogP contribution is 2.40. The van der Waals surface area contributed by atoms with Crippen molar-refractivity contribution in [3.63, 3.8) is 0 Å². The van der Waals surface area contributed by atoms with E-state index in [1.807, 2.05) is 78.9 Å². The molecule has 70 heavy (non-hydrogen) atoms. The Morgan fingerprint density at radius 1 is 0.314 bits per heavy atom. The summed E-state index contributed by atoms with van der Waals surface area (Å²) in [5, 5.41) is 4.18. The molecule has 0 fully saturated rings. The number of hydrogen-bond acceptors (Lipinski definition) is 2. The minimum Gasteiger partial charge on any atom is -0.309 e. The Bertz CT molecular complexity index is 4120. The van der Waals surface area contributed by atoms with Gasteiger partial charge < -0.3 is 9.13 Å². The van der Waals surface area contributed by atoms with Crippen LogP contribution in [0.5, 0.6) is 0 Å². The molecule has 0 saturated carbocycles. The number of nitrogens with zero attached hydrogens (tertiary/aromatic N) is 8. The summed E-state index contributed by atoms with van der Waals surface area (Å²) >= 11 is 0. The number of benzene rings is 9. The second-order valence-electron chi connectivity index (χ2n) is 16.9. The summed E-state index contributed by atoms with van der Waals surface area (Å²) < 4.78 is 4.56.